The lowest BCUT2D eigenvalue weighted by molar-refractivity contribution is 0.0980. The van der Waals surface area contributed by atoms with Crippen molar-refractivity contribution in [2.24, 2.45) is 0 Å². The van der Waals surface area contributed by atoms with Gasteiger partial charge >= 0.3 is 5.63 Å². The van der Waals surface area contributed by atoms with Crippen molar-refractivity contribution in [3.63, 3.8) is 0 Å². The standard InChI is InChI=1S/C25H27N3O3S/c1-3-17-12-19-18(13-24(30)31-22(19)14-21(17)29)15-27-8-10-28(11-9-27)16(2)25-26-20-6-4-5-7-23(20)32-25/h4-7,12-14,16,29H,3,8-11,15H2,1-2H3/t16-/m0/s1. The van der Waals surface area contributed by atoms with E-state index in [-0.39, 0.29) is 17.4 Å². The molecular weight excluding hydrogens is 422 g/mol. The zero-order valence-electron chi connectivity index (χ0n) is 18.4. The Balaban J connectivity index is 1.30. The summed E-state index contributed by atoms with van der Waals surface area (Å²) in [5.74, 6) is 0.178. The lowest BCUT2D eigenvalue weighted by Gasteiger charge is -2.37. The lowest BCUT2D eigenvalue weighted by atomic mass is 10.0. The maximum Gasteiger partial charge on any atom is 0.336 e. The first-order chi connectivity index (χ1) is 15.5. The smallest absolute Gasteiger partial charge is 0.336 e. The number of aryl methyl sites for hydroxylation is 1. The van der Waals surface area contributed by atoms with Crippen LogP contribution in [0, 0.1) is 0 Å². The molecule has 1 atom stereocenters. The van der Waals surface area contributed by atoms with Crippen molar-refractivity contribution >= 4 is 32.5 Å². The SMILES string of the molecule is CCc1cc2c(CN3CCN([C@@H](C)c4nc5ccccc5s4)CC3)cc(=O)oc2cc1O. The highest BCUT2D eigenvalue weighted by Gasteiger charge is 2.25. The Morgan fingerprint density at radius 2 is 1.91 bits per heavy atom. The monoisotopic (exact) mass is 449 g/mol. The fraction of sp³-hybridized carbons (Fsp3) is 0.360. The van der Waals surface area contributed by atoms with Gasteiger partial charge in [0, 0.05) is 50.2 Å². The predicted molar refractivity (Wildman–Crippen MR) is 128 cm³/mol. The molecule has 5 rings (SSSR count). The number of rotatable bonds is 5. The molecule has 2 aromatic carbocycles. The summed E-state index contributed by atoms with van der Waals surface area (Å²) in [5.41, 5.74) is 2.97. The van der Waals surface area contributed by atoms with Crippen molar-refractivity contribution in [2.45, 2.75) is 32.9 Å². The van der Waals surface area contributed by atoms with Crippen molar-refractivity contribution in [1.29, 1.82) is 0 Å². The summed E-state index contributed by atoms with van der Waals surface area (Å²) in [6.07, 6.45) is 0.725. The number of para-hydroxylation sites is 1. The van der Waals surface area contributed by atoms with E-state index in [2.05, 4.69) is 34.9 Å². The Morgan fingerprint density at radius 3 is 2.66 bits per heavy atom. The number of aromatic hydroxyl groups is 1. The summed E-state index contributed by atoms with van der Waals surface area (Å²) in [6, 6.07) is 13.7. The molecule has 1 fully saturated rings. The van der Waals surface area contributed by atoms with Gasteiger partial charge in [-0.05, 0) is 42.7 Å². The topological polar surface area (TPSA) is 69.8 Å². The number of phenols is 1. The van der Waals surface area contributed by atoms with E-state index in [0.29, 0.717) is 12.1 Å². The summed E-state index contributed by atoms with van der Waals surface area (Å²) < 4.78 is 6.58. The van der Waals surface area contributed by atoms with Gasteiger partial charge in [0.25, 0.3) is 0 Å². The van der Waals surface area contributed by atoms with Gasteiger partial charge in [0.2, 0.25) is 0 Å². The van der Waals surface area contributed by atoms with E-state index < -0.39 is 0 Å². The third-order valence-corrected chi connectivity index (χ3v) is 7.63. The van der Waals surface area contributed by atoms with E-state index >= 15 is 0 Å². The zero-order valence-corrected chi connectivity index (χ0v) is 19.2. The van der Waals surface area contributed by atoms with Crippen molar-refractivity contribution in [3.8, 4) is 5.75 Å². The van der Waals surface area contributed by atoms with Crippen LogP contribution in [-0.4, -0.2) is 46.1 Å². The molecule has 1 N–H and O–H groups in total. The van der Waals surface area contributed by atoms with Gasteiger partial charge in [-0.1, -0.05) is 19.1 Å². The quantitative estimate of drug-likeness (QED) is 0.451. The van der Waals surface area contributed by atoms with Crippen LogP contribution in [0.4, 0.5) is 0 Å². The van der Waals surface area contributed by atoms with Crippen LogP contribution in [0.3, 0.4) is 0 Å². The molecule has 0 unspecified atom stereocenters. The molecule has 1 aliphatic rings. The van der Waals surface area contributed by atoms with Crippen LogP contribution < -0.4 is 5.63 Å². The average Bonchev–Trinajstić information content (AvgIpc) is 3.23. The van der Waals surface area contributed by atoms with Crippen molar-refractivity contribution < 1.29 is 9.52 Å². The molecule has 7 heteroatoms. The van der Waals surface area contributed by atoms with Gasteiger partial charge in [-0.3, -0.25) is 9.80 Å². The summed E-state index contributed by atoms with van der Waals surface area (Å²) in [7, 11) is 0. The Bertz CT molecular complexity index is 1290. The number of fused-ring (bicyclic) bond motifs is 2. The molecule has 4 aromatic rings. The Kier molecular flexibility index (Phi) is 5.71. The lowest BCUT2D eigenvalue weighted by Crippen LogP contribution is -2.46. The molecule has 0 amide bonds. The minimum atomic E-state index is -0.376. The molecule has 3 heterocycles. The maximum atomic E-state index is 12.1. The molecule has 0 bridgehead atoms. The molecular formula is C25H27N3O3S. The van der Waals surface area contributed by atoms with Gasteiger partial charge in [-0.15, -0.1) is 11.3 Å². The number of aromatic nitrogens is 1. The second-order valence-corrected chi connectivity index (χ2v) is 9.49. The molecule has 166 valence electrons. The van der Waals surface area contributed by atoms with E-state index in [0.717, 1.165) is 54.6 Å². The summed E-state index contributed by atoms with van der Waals surface area (Å²) >= 11 is 1.78. The first-order valence-electron chi connectivity index (χ1n) is 11.1. The van der Waals surface area contributed by atoms with Crippen LogP contribution in [0.1, 0.15) is 36.0 Å². The highest BCUT2D eigenvalue weighted by Crippen LogP contribution is 2.31. The summed E-state index contributed by atoms with van der Waals surface area (Å²) in [4.78, 5) is 21.8. The van der Waals surface area contributed by atoms with Gasteiger partial charge in [0.15, 0.2) is 0 Å². The first-order valence-corrected chi connectivity index (χ1v) is 11.9. The van der Waals surface area contributed by atoms with E-state index in [1.807, 2.05) is 19.1 Å². The van der Waals surface area contributed by atoms with Crippen LogP contribution in [0.15, 0.2) is 51.7 Å². The average molecular weight is 450 g/mol. The molecule has 0 aliphatic carbocycles. The highest BCUT2D eigenvalue weighted by atomic mass is 32.1. The number of hydrogen-bond donors (Lipinski definition) is 1. The normalized spacial score (nSPS) is 16.7. The molecule has 32 heavy (non-hydrogen) atoms. The number of piperazine rings is 1. The fourth-order valence-corrected chi connectivity index (χ4v) is 5.55. The second-order valence-electron chi connectivity index (χ2n) is 8.43. The fourth-order valence-electron chi connectivity index (χ4n) is 4.50. The third kappa shape index (κ3) is 4.03. The number of benzene rings is 2. The number of thiazole rings is 1. The van der Waals surface area contributed by atoms with E-state index in [9.17, 15) is 9.90 Å². The molecule has 2 aromatic heterocycles. The third-order valence-electron chi connectivity index (χ3n) is 6.43. The van der Waals surface area contributed by atoms with E-state index in [4.69, 9.17) is 9.40 Å². The minimum absolute atomic E-state index is 0.178. The molecule has 1 aliphatic heterocycles. The van der Waals surface area contributed by atoms with Crippen LogP contribution in [-0.2, 0) is 13.0 Å². The van der Waals surface area contributed by atoms with Gasteiger partial charge in [0.1, 0.15) is 16.3 Å². The Hall–Kier alpha value is -2.74. The number of hydrogen-bond acceptors (Lipinski definition) is 7. The van der Waals surface area contributed by atoms with Crippen molar-refractivity contribution in [2.75, 3.05) is 26.2 Å². The summed E-state index contributed by atoms with van der Waals surface area (Å²) in [5, 5.41) is 12.2. The Morgan fingerprint density at radius 1 is 1.12 bits per heavy atom. The zero-order chi connectivity index (χ0) is 22.2. The molecule has 0 saturated carbocycles. The number of nitrogens with zero attached hydrogens (tertiary/aromatic N) is 3. The van der Waals surface area contributed by atoms with Gasteiger partial charge in [-0.25, -0.2) is 9.78 Å². The maximum absolute atomic E-state index is 12.1. The van der Waals surface area contributed by atoms with Gasteiger partial charge < -0.3 is 9.52 Å². The first kappa shape index (κ1) is 21.1. The molecule has 0 spiro atoms. The Labute approximate surface area is 190 Å². The minimum Gasteiger partial charge on any atom is -0.508 e. The van der Waals surface area contributed by atoms with Crippen molar-refractivity contribution in [1.82, 2.24) is 14.8 Å². The molecule has 1 saturated heterocycles. The summed E-state index contributed by atoms with van der Waals surface area (Å²) in [6.45, 7) is 8.70. The van der Waals surface area contributed by atoms with Crippen LogP contribution in [0.2, 0.25) is 0 Å². The van der Waals surface area contributed by atoms with Gasteiger partial charge in [0.05, 0.1) is 16.3 Å². The molecule has 0 radical (unpaired) electrons. The van der Waals surface area contributed by atoms with Crippen LogP contribution in [0.5, 0.6) is 5.75 Å². The number of phenolic OH excluding ortho intramolecular Hbond substituents is 1. The van der Waals surface area contributed by atoms with E-state index in [1.54, 1.807) is 23.5 Å². The second kappa shape index (κ2) is 8.65. The van der Waals surface area contributed by atoms with Crippen molar-refractivity contribution in [3.05, 3.63) is 69.0 Å². The largest absolute Gasteiger partial charge is 0.508 e. The van der Waals surface area contributed by atoms with Gasteiger partial charge in [-0.2, -0.15) is 0 Å². The van der Waals surface area contributed by atoms with E-state index in [1.165, 1.54) is 9.71 Å². The van der Waals surface area contributed by atoms with Crippen LogP contribution in [0.25, 0.3) is 21.2 Å². The van der Waals surface area contributed by atoms with Crippen LogP contribution >= 0.6 is 11.3 Å². The molecule has 6 nitrogen and oxygen atoms in total. The predicted octanol–water partition coefficient (Wildman–Crippen LogP) is 4.55. The highest BCUT2D eigenvalue weighted by molar-refractivity contribution is 7.18.